The molecule has 0 bridgehead atoms. The zero-order chi connectivity index (χ0) is 80.6. The molecule has 0 aliphatic carbocycles. The first-order valence-electron chi connectivity index (χ1n) is 34.9. The number of rotatable bonds is 18. The number of hydrogen-bond acceptors (Lipinski definition) is 20. The van der Waals surface area contributed by atoms with Gasteiger partial charge in [0.2, 0.25) is 23.6 Å². The summed E-state index contributed by atoms with van der Waals surface area (Å²) >= 11 is 6.12. The molecule has 14 rings (SSSR count). The van der Waals surface area contributed by atoms with Crippen molar-refractivity contribution in [3.63, 3.8) is 0 Å². The number of hydrogen-bond donors (Lipinski definition) is 7. The van der Waals surface area contributed by atoms with E-state index in [1.165, 1.54) is 20.0 Å². The molecule has 588 valence electrons. The Kier molecular flexibility index (Phi) is 24.2. The SMILES string of the molecule is CC1(C(=O)NCC(F)(F)F)CCCN1c1ccnc(-c2c[nH]c3ncccc23)n1.CCN(C)C(=O)C1(C)CCCN1c1ccnc(-c2c[nH]c3ncc(Cl)cc23)n1.C[C@@H](Nc1ccnc(-c2c[nH]c3ncccc23)n1)C(=O)N(C)CC(F)(F)F.C[C@@H](Nc1nc(-c2c[nH]c3ncccc23)ncc1F)C(=O)N(C)CC(F)(F)F. The summed E-state index contributed by atoms with van der Waals surface area (Å²) < 4.78 is 126. The fraction of sp³-hybridized carbons (Fsp3) is 0.342. The Morgan fingerprint density at radius 3 is 1.43 bits per heavy atom. The Labute approximate surface area is 637 Å². The van der Waals surface area contributed by atoms with Crippen LogP contribution < -0.4 is 25.8 Å². The van der Waals surface area contributed by atoms with E-state index >= 15 is 0 Å². The van der Waals surface area contributed by atoms with Crippen LogP contribution in [0.3, 0.4) is 0 Å². The van der Waals surface area contributed by atoms with Crippen molar-refractivity contribution in [2.75, 3.05) is 80.8 Å². The van der Waals surface area contributed by atoms with Crippen molar-refractivity contribution in [1.29, 1.82) is 0 Å². The lowest BCUT2D eigenvalue weighted by Gasteiger charge is -2.37. The molecular weight excluding hydrogens is 1500 g/mol. The van der Waals surface area contributed by atoms with Gasteiger partial charge < -0.3 is 60.4 Å². The monoisotopic (exact) mass is 1580 g/mol. The van der Waals surface area contributed by atoms with Crippen molar-refractivity contribution in [2.45, 2.75) is 102 Å². The summed E-state index contributed by atoms with van der Waals surface area (Å²) in [6.45, 7) is 6.35. The van der Waals surface area contributed by atoms with Gasteiger partial charge in [0, 0.05) is 153 Å². The lowest BCUT2D eigenvalue weighted by Crippen LogP contribution is -2.55. The molecule has 12 aromatic rings. The zero-order valence-corrected chi connectivity index (χ0v) is 62.1. The molecule has 2 saturated heterocycles. The molecule has 2 fully saturated rings. The molecule has 2 aliphatic rings. The first-order chi connectivity index (χ1) is 53.1. The summed E-state index contributed by atoms with van der Waals surface area (Å²) in [5, 5.41) is 11.2. The Morgan fingerprint density at radius 2 is 0.955 bits per heavy atom. The number of aromatic amines is 4. The second-order valence-corrected chi connectivity index (χ2v) is 27.2. The van der Waals surface area contributed by atoms with E-state index in [1.54, 1.807) is 103 Å². The molecule has 28 nitrogen and oxygen atoms in total. The first-order valence-corrected chi connectivity index (χ1v) is 35.2. The third-order valence-corrected chi connectivity index (χ3v) is 18.8. The molecule has 4 atom stereocenters. The highest BCUT2D eigenvalue weighted by molar-refractivity contribution is 6.31. The minimum absolute atomic E-state index is 0.121. The number of fused-ring (bicyclic) bond motifs is 4. The number of amides is 4. The van der Waals surface area contributed by atoms with Crippen LogP contribution in [0.2, 0.25) is 5.02 Å². The van der Waals surface area contributed by atoms with Gasteiger partial charge in [-0.1, -0.05) is 11.6 Å². The smallest absolute Gasteiger partial charge is 0.359 e. The van der Waals surface area contributed by atoms with E-state index in [1.807, 2.05) is 62.7 Å². The highest BCUT2D eigenvalue weighted by Gasteiger charge is 2.47. The summed E-state index contributed by atoms with van der Waals surface area (Å²) in [4.78, 5) is 120. The van der Waals surface area contributed by atoms with Crippen molar-refractivity contribution in [3.05, 3.63) is 146 Å². The minimum atomic E-state index is -4.53. The van der Waals surface area contributed by atoms with Crippen LogP contribution in [0, 0.1) is 5.82 Å². The fourth-order valence-electron chi connectivity index (χ4n) is 13.0. The van der Waals surface area contributed by atoms with Crippen LogP contribution in [-0.4, -0.2) is 220 Å². The van der Waals surface area contributed by atoms with E-state index in [2.05, 4.69) is 90.3 Å². The van der Waals surface area contributed by atoms with Crippen LogP contribution in [0.5, 0.6) is 0 Å². The third kappa shape index (κ3) is 18.8. The van der Waals surface area contributed by atoms with Crippen molar-refractivity contribution in [3.8, 4) is 45.6 Å². The van der Waals surface area contributed by atoms with E-state index in [4.69, 9.17) is 16.6 Å². The lowest BCUT2D eigenvalue weighted by molar-refractivity contribution is -0.158. The number of carbonyl (C=O) groups is 4. The van der Waals surface area contributed by atoms with E-state index in [0.29, 0.717) is 97.8 Å². The summed E-state index contributed by atoms with van der Waals surface area (Å²) in [6, 6.07) is 15.8. The fourth-order valence-corrected chi connectivity index (χ4v) is 13.1. The average molecular weight is 1580 g/mol. The van der Waals surface area contributed by atoms with Crippen LogP contribution >= 0.6 is 11.6 Å². The van der Waals surface area contributed by atoms with Gasteiger partial charge in [-0.2, -0.15) is 39.5 Å². The van der Waals surface area contributed by atoms with Crippen LogP contribution in [0.15, 0.2) is 135 Å². The predicted molar refractivity (Wildman–Crippen MR) is 399 cm³/mol. The molecule has 7 N–H and O–H groups in total. The van der Waals surface area contributed by atoms with Gasteiger partial charge in [0.25, 0.3) is 0 Å². The first kappa shape index (κ1) is 80.8. The number of aromatic nitrogens is 16. The molecule has 0 radical (unpaired) electrons. The van der Waals surface area contributed by atoms with Gasteiger partial charge >= 0.3 is 18.5 Å². The van der Waals surface area contributed by atoms with Gasteiger partial charge in [-0.25, -0.2) is 64.2 Å². The van der Waals surface area contributed by atoms with Gasteiger partial charge in [-0.15, -0.1) is 0 Å². The number of likely N-dealkylation sites (N-methyl/N-ethyl adjacent to an activating group) is 3. The summed E-state index contributed by atoms with van der Waals surface area (Å²) in [7, 11) is 3.98. The standard InChI is InChI=1S/C20H23ClN6O.C19H19F3N6O.C17H16F4N6O.C17H17F3N6O/c1-4-26(3)19(28)20(2)7-5-9-27(20)16-6-8-22-18(25-16)15-12-24-17-14(15)10-13(21)11-23-17;1-18(17(29)26-11-19(20,21)22)6-3-9-28(18)14-5-8-24-16(27-14)13-10-25-15-12(13)4-2-7-23-15;1-9(16(28)27(2)8-17(19,20)21)25-15-12(18)7-24-14(26-15)11-6-23-13-10(11)4-3-5-22-13;1-10(16(27)26(2)9-17(18,19)20)24-13-5-7-22-15(25-13)12-8-23-14-11(12)4-3-6-21-14/h6,8,10-12H,4-5,7,9H2,1-3H3,(H,23,24);2,4-5,7-8,10H,3,6,9,11H2,1H3,(H,23,25)(H,26,29);3-7,9H,8H2,1-2H3,(H,22,23)(H,24,25,26);3-8,10H,9H2,1-2H3,(H,21,23)(H,22,24,25)/t;;9-;10-/m..11/s1. The van der Waals surface area contributed by atoms with Gasteiger partial charge in [-0.3, -0.25) is 19.2 Å². The molecule has 0 spiro atoms. The summed E-state index contributed by atoms with van der Waals surface area (Å²) in [5.41, 5.74) is 3.91. The molecule has 0 saturated carbocycles. The highest BCUT2D eigenvalue weighted by atomic mass is 35.5. The largest absolute Gasteiger partial charge is 0.406 e. The Balaban J connectivity index is 0.000000148. The lowest BCUT2D eigenvalue weighted by atomic mass is 9.97. The van der Waals surface area contributed by atoms with Crippen LogP contribution in [0.25, 0.3) is 89.7 Å². The van der Waals surface area contributed by atoms with E-state index in [0.717, 1.165) is 84.0 Å². The molecule has 2 aliphatic heterocycles. The van der Waals surface area contributed by atoms with Crippen LogP contribution in [-0.2, 0) is 19.2 Å². The van der Waals surface area contributed by atoms with Crippen molar-refractivity contribution < 1.29 is 63.1 Å². The number of H-pyrrole nitrogens is 4. The third-order valence-electron chi connectivity index (χ3n) is 18.6. The van der Waals surface area contributed by atoms with E-state index in [9.17, 15) is 63.1 Å². The summed E-state index contributed by atoms with van der Waals surface area (Å²) in [6.07, 6.45) is 8.67. The maximum Gasteiger partial charge on any atom is 0.406 e. The Hall–Kier alpha value is -12.3. The number of anilines is 4. The number of pyridine rings is 4. The molecule has 14 heterocycles. The van der Waals surface area contributed by atoms with E-state index < -0.39 is 84.9 Å². The van der Waals surface area contributed by atoms with Gasteiger partial charge in [0.15, 0.2) is 34.9 Å². The molecule has 0 aromatic carbocycles. The van der Waals surface area contributed by atoms with Crippen molar-refractivity contribution in [2.24, 2.45) is 0 Å². The van der Waals surface area contributed by atoms with Gasteiger partial charge in [0.1, 0.15) is 82.8 Å². The zero-order valence-electron chi connectivity index (χ0n) is 61.3. The number of nitrogens with one attached hydrogen (secondary N) is 7. The van der Waals surface area contributed by atoms with Gasteiger partial charge in [0.05, 0.1) is 11.2 Å². The Morgan fingerprint density at radius 1 is 0.527 bits per heavy atom. The second kappa shape index (κ2) is 33.5. The number of nitrogens with zero attached hydrogens (tertiary/aromatic N) is 17. The topological polar surface area (TPSA) is 338 Å². The molecule has 2 unspecified atom stereocenters. The highest BCUT2D eigenvalue weighted by Crippen LogP contribution is 2.39. The number of alkyl halides is 9. The molecule has 112 heavy (non-hydrogen) atoms. The number of carbonyl (C=O) groups excluding carboxylic acids is 4. The molecule has 39 heteroatoms. The Bertz CT molecular complexity index is 5350. The quantitative estimate of drug-likeness (QED) is 0.0392. The molecule has 4 amide bonds. The maximum absolute atomic E-state index is 14.1. The summed E-state index contributed by atoms with van der Waals surface area (Å²) in [5.74, 6) is -0.0121. The van der Waals surface area contributed by atoms with Crippen molar-refractivity contribution >= 4 is 103 Å². The molecular formula is C73H75ClF10N24O4. The maximum atomic E-state index is 14.1. The van der Waals surface area contributed by atoms with E-state index in [-0.39, 0.29) is 17.5 Å². The van der Waals surface area contributed by atoms with Crippen LogP contribution in [0.1, 0.15) is 60.3 Å². The second-order valence-electron chi connectivity index (χ2n) is 26.7. The van der Waals surface area contributed by atoms with Gasteiger partial charge in [-0.05, 0) is 121 Å². The normalized spacial score (nSPS) is 16.2. The number of halogens is 11. The molecule has 12 aromatic heterocycles. The average Bonchev–Trinajstić information content (AvgIpc) is 1.59. The minimum Gasteiger partial charge on any atom is -0.359 e. The van der Waals surface area contributed by atoms with Crippen LogP contribution in [0.4, 0.5) is 67.2 Å². The van der Waals surface area contributed by atoms with Crippen molar-refractivity contribution in [1.82, 2.24) is 99.8 Å². The predicted octanol–water partition coefficient (Wildman–Crippen LogP) is 12.4.